The van der Waals surface area contributed by atoms with Crippen LogP contribution in [0.15, 0.2) is 4.99 Å². The summed E-state index contributed by atoms with van der Waals surface area (Å²) in [5.74, 6) is 2.15. The van der Waals surface area contributed by atoms with Crippen LogP contribution in [0.1, 0.15) is 41.5 Å². The minimum Gasteiger partial charge on any atom is -0.357 e. The lowest BCUT2D eigenvalue weighted by atomic mass is 9.96. The molecule has 1 heterocycles. The van der Waals surface area contributed by atoms with Gasteiger partial charge in [0.2, 0.25) is 5.91 Å². The van der Waals surface area contributed by atoms with Crippen molar-refractivity contribution in [3.05, 3.63) is 0 Å². The quantitative estimate of drug-likeness (QED) is 0.470. The number of thioether (sulfide) groups is 1. The Morgan fingerprint density at radius 2 is 2.00 bits per heavy atom. The average molecular weight is 329 g/mol. The van der Waals surface area contributed by atoms with E-state index in [2.05, 4.69) is 41.3 Å². The van der Waals surface area contributed by atoms with E-state index in [1.165, 1.54) is 0 Å². The van der Waals surface area contributed by atoms with Gasteiger partial charge >= 0.3 is 0 Å². The molecule has 0 bridgehead atoms. The molecular weight excluding hydrogens is 296 g/mol. The van der Waals surface area contributed by atoms with Crippen LogP contribution in [0.25, 0.3) is 0 Å². The van der Waals surface area contributed by atoms with Crippen molar-refractivity contribution < 1.29 is 4.79 Å². The smallest absolute Gasteiger partial charge is 0.225 e. The monoisotopic (exact) mass is 328 g/mol. The zero-order valence-corrected chi connectivity index (χ0v) is 15.8. The van der Waals surface area contributed by atoms with Gasteiger partial charge in [-0.2, -0.15) is 11.8 Å². The summed E-state index contributed by atoms with van der Waals surface area (Å²) in [6.07, 6.45) is 0. The zero-order chi connectivity index (χ0) is 16.8. The molecule has 6 heteroatoms. The van der Waals surface area contributed by atoms with Crippen LogP contribution in [0.5, 0.6) is 0 Å². The highest BCUT2D eigenvalue weighted by molar-refractivity contribution is 8.00. The molecule has 5 nitrogen and oxygen atoms in total. The molecule has 0 aromatic heterocycles. The number of nitrogens with zero attached hydrogens (tertiary/aromatic N) is 2. The normalized spacial score (nSPS) is 19.0. The number of amides is 1. The van der Waals surface area contributed by atoms with E-state index in [0.717, 1.165) is 31.3 Å². The molecule has 1 aliphatic heterocycles. The van der Waals surface area contributed by atoms with Crippen molar-refractivity contribution in [3.8, 4) is 0 Å². The van der Waals surface area contributed by atoms with Crippen molar-refractivity contribution in [2.75, 3.05) is 38.5 Å². The van der Waals surface area contributed by atoms with Crippen molar-refractivity contribution >= 4 is 23.6 Å². The van der Waals surface area contributed by atoms with Crippen molar-refractivity contribution in [2.45, 2.75) is 46.3 Å². The average Bonchev–Trinajstić information content (AvgIpc) is 2.39. The minimum atomic E-state index is -0.345. The highest BCUT2D eigenvalue weighted by Gasteiger charge is 2.28. The summed E-state index contributed by atoms with van der Waals surface area (Å²) in [6.45, 7) is 16.5. The van der Waals surface area contributed by atoms with Gasteiger partial charge in [0.15, 0.2) is 5.96 Å². The first-order valence-electron chi connectivity index (χ1n) is 8.11. The predicted octanol–water partition coefficient (Wildman–Crippen LogP) is 1.94. The summed E-state index contributed by atoms with van der Waals surface area (Å²) in [5, 5.41) is 6.31. The van der Waals surface area contributed by atoms with Crippen LogP contribution in [0, 0.1) is 5.41 Å². The van der Waals surface area contributed by atoms with Crippen LogP contribution < -0.4 is 10.6 Å². The molecule has 0 saturated carbocycles. The molecule has 0 radical (unpaired) electrons. The molecule has 0 aromatic carbocycles. The second-order valence-corrected chi connectivity index (χ2v) is 9.07. The van der Waals surface area contributed by atoms with Crippen molar-refractivity contribution in [3.63, 3.8) is 0 Å². The Bertz CT molecular complexity index is 401. The summed E-state index contributed by atoms with van der Waals surface area (Å²) >= 11 is 2.01. The fraction of sp³-hybridized carbons (Fsp3) is 0.875. The Morgan fingerprint density at radius 1 is 1.32 bits per heavy atom. The maximum Gasteiger partial charge on any atom is 0.225 e. The first-order valence-corrected chi connectivity index (χ1v) is 9.10. The number of nitrogens with one attached hydrogen (secondary N) is 2. The number of hydrogen-bond donors (Lipinski definition) is 2. The fourth-order valence-electron chi connectivity index (χ4n) is 2.22. The molecule has 22 heavy (non-hydrogen) atoms. The molecule has 1 amide bonds. The topological polar surface area (TPSA) is 56.7 Å². The molecule has 0 atom stereocenters. The Kier molecular flexibility index (Phi) is 7.03. The maximum absolute atomic E-state index is 11.8. The maximum atomic E-state index is 11.8. The van der Waals surface area contributed by atoms with E-state index in [1.54, 1.807) is 0 Å². The molecule has 1 saturated heterocycles. The second kappa shape index (κ2) is 8.09. The van der Waals surface area contributed by atoms with E-state index < -0.39 is 0 Å². The highest BCUT2D eigenvalue weighted by atomic mass is 32.2. The molecule has 1 aliphatic rings. The van der Waals surface area contributed by atoms with Gasteiger partial charge in [0, 0.05) is 42.1 Å². The highest BCUT2D eigenvalue weighted by Crippen LogP contribution is 2.29. The molecule has 1 fully saturated rings. The second-order valence-electron chi connectivity index (χ2n) is 7.27. The van der Waals surface area contributed by atoms with Crippen molar-refractivity contribution in [1.29, 1.82) is 0 Å². The number of carbonyl (C=O) groups excluding carboxylic acids is 1. The SMILES string of the molecule is CCNC(=NCCNC(=O)C(C)(C)C)N1CCSC(C)(C)C1. The van der Waals surface area contributed by atoms with Crippen LogP contribution in [-0.2, 0) is 4.79 Å². The number of hydrogen-bond acceptors (Lipinski definition) is 3. The van der Waals surface area contributed by atoms with Gasteiger partial charge in [0.1, 0.15) is 0 Å². The minimum absolute atomic E-state index is 0.0724. The molecule has 2 N–H and O–H groups in total. The predicted molar refractivity (Wildman–Crippen MR) is 96.6 cm³/mol. The molecule has 0 aromatic rings. The standard InChI is InChI=1S/C16H32N4OS/c1-7-17-14(20-10-11-22-16(5,6)12-20)19-9-8-18-13(21)15(2,3)4/h7-12H2,1-6H3,(H,17,19)(H,18,21). The molecule has 128 valence electrons. The summed E-state index contributed by atoms with van der Waals surface area (Å²) < 4.78 is 0.259. The Balaban J connectivity index is 2.54. The number of aliphatic imine (C=N–C) groups is 1. The summed E-state index contributed by atoms with van der Waals surface area (Å²) in [7, 11) is 0. The van der Waals surface area contributed by atoms with Crippen LogP contribution in [0.3, 0.4) is 0 Å². The summed E-state index contributed by atoms with van der Waals surface area (Å²) in [6, 6.07) is 0. The Labute approximate surface area is 139 Å². The molecule has 0 unspecified atom stereocenters. The van der Waals surface area contributed by atoms with Gasteiger partial charge in [-0.1, -0.05) is 20.8 Å². The van der Waals surface area contributed by atoms with E-state index in [4.69, 9.17) is 0 Å². The molecular formula is C16H32N4OS. The van der Waals surface area contributed by atoms with Gasteiger partial charge in [-0.3, -0.25) is 9.79 Å². The lowest BCUT2D eigenvalue weighted by Gasteiger charge is -2.39. The largest absolute Gasteiger partial charge is 0.357 e. The van der Waals surface area contributed by atoms with E-state index in [1.807, 2.05) is 32.5 Å². The van der Waals surface area contributed by atoms with E-state index in [-0.39, 0.29) is 16.1 Å². The lowest BCUT2D eigenvalue weighted by molar-refractivity contribution is -0.128. The Hall–Kier alpha value is -0.910. The van der Waals surface area contributed by atoms with Crippen LogP contribution in [-0.4, -0.2) is 60.0 Å². The number of rotatable bonds is 4. The first kappa shape index (κ1) is 19.1. The van der Waals surface area contributed by atoms with Crippen molar-refractivity contribution in [1.82, 2.24) is 15.5 Å². The van der Waals surface area contributed by atoms with Gasteiger partial charge in [-0.25, -0.2) is 0 Å². The van der Waals surface area contributed by atoms with Crippen LogP contribution in [0.4, 0.5) is 0 Å². The van der Waals surface area contributed by atoms with E-state index in [9.17, 15) is 4.79 Å². The van der Waals surface area contributed by atoms with Crippen LogP contribution in [0.2, 0.25) is 0 Å². The lowest BCUT2D eigenvalue weighted by Crippen LogP contribution is -2.51. The third-order valence-electron chi connectivity index (χ3n) is 3.40. The summed E-state index contributed by atoms with van der Waals surface area (Å²) in [5.41, 5.74) is -0.345. The Morgan fingerprint density at radius 3 is 2.55 bits per heavy atom. The van der Waals surface area contributed by atoms with Gasteiger partial charge in [-0.05, 0) is 20.8 Å². The van der Waals surface area contributed by atoms with Gasteiger partial charge in [0.25, 0.3) is 0 Å². The number of carbonyl (C=O) groups is 1. The first-order chi connectivity index (χ1) is 10.2. The molecule has 1 rings (SSSR count). The number of guanidine groups is 1. The summed E-state index contributed by atoms with van der Waals surface area (Å²) in [4.78, 5) is 18.8. The van der Waals surface area contributed by atoms with E-state index in [0.29, 0.717) is 13.1 Å². The van der Waals surface area contributed by atoms with Gasteiger partial charge in [0.05, 0.1) is 6.54 Å². The third kappa shape index (κ3) is 6.46. The molecule has 0 spiro atoms. The van der Waals surface area contributed by atoms with Crippen molar-refractivity contribution in [2.24, 2.45) is 10.4 Å². The van der Waals surface area contributed by atoms with Gasteiger partial charge < -0.3 is 15.5 Å². The van der Waals surface area contributed by atoms with E-state index >= 15 is 0 Å². The molecule has 0 aliphatic carbocycles. The fourth-order valence-corrected chi connectivity index (χ4v) is 3.33. The third-order valence-corrected chi connectivity index (χ3v) is 4.70. The van der Waals surface area contributed by atoms with Gasteiger partial charge in [-0.15, -0.1) is 0 Å². The van der Waals surface area contributed by atoms with Crippen LogP contribution >= 0.6 is 11.8 Å². The zero-order valence-electron chi connectivity index (χ0n) is 15.0.